The van der Waals surface area contributed by atoms with Crippen LogP contribution in [-0.2, 0) is 9.59 Å². The Morgan fingerprint density at radius 2 is 1.76 bits per heavy atom. The number of nitrogens with one attached hydrogen (secondary N) is 1. The number of hydrogen-bond donors (Lipinski definition) is 2. The molecule has 2 N–H and O–H groups in total. The molecule has 46 heavy (non-hydrogen) atoms. The fraction of sp³-hybridized carbons (Fsp3) is 0.474. The van der Waals surface area contributed by atoms with Gasteiger partial charge in [0.25, 0.3) is 0 Å². The molecule has 1 aromatic carbocycles. The van der Waals surface area contributed by atoms with Crippen LogP contribution in [0.3, 0.4) is 0 Å². The highest BCUT2D eigenvalue weighted by molar-refractivity contribution is 6.12. The van der Waals surface area contributed by atoms with E-state index in [0.717, 1.165) is 24.3 Å². The normalized spacial score (nSPS) is 18.2. The van der Waals surface area contributed by atoms with Crippen molar-refractivity contribution in [2.45, 2.75) is 105 Å². The highest BCUT2D eigenvalue weighted by Crippen LogP contribution is 2.25. The molecular formula is C38H55F2N3O3. The van der Waals surface area contributed by atoms with Gasteiger partial charge in [-0.25, -0.2) is 8.78 Å². The van der Waals surface area contributed by atoms with Gasteiger partial charge in [0.05, 0.1) is 24.0 Å². The number of halogens is 2. The molecule has 2 aliphatic rings. The molecule has 1 unspecified atom stereocenters. The molecule has 6 nitrogen and oxygen atoms in total. The number of carboxylic acids is 1. The van der Waals surface area contributed by atoms with E-state index in [1.54, 1.807) is 25.4 Å². The first-order valence-electron chi connectivity index (χ1n) is 16.0. The molecule has 1 saturated carbocycles. The Labute approximate surface area is 276 Å². The number of benzene rings is 1. The second-order valence-corrected chi connectivity index (χ2v) is 10.6. The molecule has 1 heterocycles. The lowest BCUT2D eigenvalue weighted by Gasteiger charge is -2.18. The molecule has 1 fully saturated rings. The van der Waals surface area contributed by atoms with Crippen LogP contribution in [-0.4, -0.2) is 36.0 Å². The van der Waals surface area contributed by atoms with Crippen molar-refractivity contribution in [3.63, 3.8) is 0 Å². The molecule has 8 heteroatoms. The van der Waals surface area contributed by atoms with Crippen LogP contribution in [0.4, 0.5) is 8.78 Å². The Morgan fingerprint density at radius 3 is 2.22 bits per heavy atom. The Bertz CT molecular complexity index is 1140. The van der Waals surface area contributed by atoms with E-state index in [0.29, 0.717) is 17.6 Å². The van der Waals surface area contributed by atoms with Gasteiger partial charge in [-0.2, -0.15) is 5.10 Å². The number of ketones is 1. The number of alkyl halides is 1. The number of aliphatic imine (C=N–C) groups is 1. The fourth-order valence-corrected chi connectivity index (χ4v) is 4.50. The van der Waals surface area contributed by atoms with Gasteiger partial charge in [0, 0.05) is 25.0 Å². The van der Waals surface area contributed by atoms with Gasteiger partial charge >= 0.3 is 5.97 Å². The highest BCUT2D eigenvalue weighted by Gasteiger charge is 2.14. The summed E-state index contributed by atoms with van der Waals surface area (Å²) in [5, 5.41) is 12.6. The average Bonchev–Trinajstić information content (AvgIpc) is 3.06. The smallest absolute Gasteiger partial charge is 0.303 e. The first kappa shape index (κ1) is 44.0. The summed E-state index contributed by atoms with van der Waals surface area (Å²) >= 11 is 0. The van der Waals surface area contributed by atoms with Crippen molar-refractivity contribution in [1.82, 2.24) is 5.43 Å². The lowest BCUT2D eigenvalue weighted by atomic mass is 9.88. The molecule has 1 aliphatic heterocycles. The monoisotopic (exact) mass is 639 g/mol. The van der Waals surface area contributed by atoms with Gasteiger partial charge in [-0.3, -0.25) is 20.0 Å². The van der Waals surface area contributed by atoms with Gasteiger partial charge in [-0.1, -0.05) is 101 Å². The maximum Gasteiger partial charge on any atom is 0.303 e. The molecule has 0 bridgehead atoms. The van der Waals surface area contributed by atoms with E-state index >= 15 is 0 Å². The number of hydrazone groups is 1. The van der Waals surface area contributed by atoms with Crippen LogP contribution in [0.1, 0.15) is 110 Å². The number of carboxylic acid groups (broad SMARTS) is 1. The third-order valence-electron chi connectivity index (χ3n) is 6.92. The van der Waals surface area contributed by atoms with E-state index < -0.39 is 5.97 Å². The number of carbonyl (C=O) groups is 2. The zero-order valence-electron chi connectivity index (χ0n) is 28.4. The molecule has 0 spiro atoms. The SMILES string of the molecule is C#C.C/C=C\CF.CC(=O)C1=C\N=CCC(/C=C(/C)F)=C\N/N=C\1.CCC1CCCCC1.CCCC(CC(=O)O)c1ccccc1. The lowest BCUT2D eigenvalue weighted by Crippen LogP contribution is -2.05. The Hall–Kier alpha value is -4.12. The standard InChI is InChI=1S/C12H14FN3O.C12H16O2.C8H16.C4H7F.C2H2/c1-9(13)5-11-3-4-14-7-12(10(2)17)8-16-15-6-11;1-2-6-11(9-12(13)14)10-7-4-3-5-8-10;1-2-8-6-4-3-5-7-8;1-2-3-4-5;1-2/h4-8,15H,3H2,1-2H3;3-5,7-8,11H,2,6,9H2,1H3,(H,13,14);8H,2-7H2,1H3;2-3H,4H2,1H3;1-2H/b9-5-,11-6+,12-7-,14-4?,16-8-;;;3-2-;. The van der Waals surface area contributed by atoms with Crippen molar-refractivity contribution in [3.05, 3.63) is 83.5 Å². The van der Waals surface area contributed by atoms with E-state index in [1.807, 2.05) is 30.3 Å². The topological polar surface area (TPSA) is 91.1 Å². The molecule has 1 aromatic rings. The summed E-state index contributed by atoms with van der Waals surface area (Å²) in [7, 11) is 0. The summed E-state index contributed by atoms with van der Waals surface area (Å²) in [5.74, 6) is 0.138. The van der Waals surface area contributed by atoms with Gasteiger partial charge in [-0.15, -0.1) is 12.8 Å². The summed E-state index contributed by atoms with van der Waals surface area (Å²) in [4.78, 5) is 25.8. The Balaban J connectivity index is 0. The quantitative estimate of drug-likeness (QED) is 0.208. The van der Waals surface area contributed by atoms with Crippen LogP contribution in [0, 0.1) is 18.8 Å². The van der Waals surface area contributed by atoms with E-state index in [-0.39, 0.29) is 30.6 Å². The minimum absolute atomic E-state index is 0.114. The second-order valence-electron chi connectivity index (χ2n) is 10.6. The number of hydrogen-bond acceptors (Lipinski definition) is 5. The van der Waals surface area contributed by atoms with Crippen molar-refractivity contribution in [1.29, 1.82) is 0 Å². The lowest BCUT2D eigenvalue weighted by molar-refractivity contribution is -0.137. The minimum atomic E-state index is -0.715. The van der Waals surface area contributed by atoms with E-state index in [4.69, 9.17) is 5.11 Å². The van der Waals surface area contributed by atoms with Crippen LogP contribution in [0.25, 0.3) is 0 Å². The van der Waals surface area contributed by atoms with Gasteiger partial charge in [0.2, 0.25) is 0 Å². The average molecular weight is 640 g/mol. The second kappa shape index (κ2) is 30.9. The van der Waals surface area contributed by atoms with Gasteiger partial charge in [0.15, 0.2) is 5.78 Å². The van der Waals surface area contributed by atoms with Crippen molar-refractivity contribution >= 4 is 24.2 Å². The summed E-state index contributed by atoms with van der Waals surface area (Å²) in [6.45, 7) is 8.66. The largest absolute Gasteiger partial charge is 0.481 e. The predicted molar refractivity (Wildman–Crippen MR) is 190 cm³/mol. The number of Topliss-reactive ketones (excluding diaryl/α,β-unsaturated/α-hetero) is 1. The van der Waals surface area contributed by atoms with Crippen molar-refractivity contribution in [2.75, 3.05) is 6.67 Å². The van der Waals surface area contributed by atoms with Crippen molar-refractivity contribution < 1.29 is 23.5 Å². The van der Waals surface area contributed by atoms with Crippen LogP contribution in [0.2, 0.25) is 0 Å². The summed E-state index contributed by atoms with van der Waals surface area (Å²) in [5.41, 5.74) is 4.89. The van der Waals surface area contributed by atoms with Gasteiger partial charge in [0.1, 0.15) is 6.67 Å². The maximum atomic E-state index is 12.7. The Kier molecular flexibility index (Phi) is 29.5. The van der Waals surface area contributed by atoms with Crippen LogP contribution < -0.4 is 5.43 Å². The number of allylic oxidation sites excluding steroid dienone is 6. The summed E-state index contributed by atoms with van der Waals surface area (Å²) in [6.07, 6.45) is 30.1. The summed E-state index contributed by atoms with van der Waals surface area (Å²) < 4.78 is 23.6. The first-order valence-corrected chi connectivity index (χ1v) is 16.0. The highest BCUT2D eigenvalue weighted by atomic mass is 19.1. The molecule has 3 rings (SSSR count). The predicted octanol–water partition coefficient (Wildman–Crippen LogP) is 10.1. The molecule has 1 atom stereocenters. The molecule has 254 valence electrons. The number of terminal acetylenes is 1. The number of rotatable bonds is 9. The van der Waals surface area contributed by atoms with Gasteiger partial charge in [-0.05, 0) is 56.2 Å². The molecular weight excluding hydrogens is 584 g/mol. The minimum Gasteiger partial charge on any atom is -0.481 e. The zero-order chi connectivity index (χ0) is 35.0. The van der Waals surface area contributed by atoms with E-state index in [9.17, 15) is 18.4 Å². The van der Waals surface area contributed by atoms with E-state index in [2.05, 4.69) is 42.2 Å². The zero-order valence-corrected chi connectivity index (χ0v) is 28.4. The maximum absolute atomic E-state index is 12.7. The van der Waals surface area contributed by atoms with E-state index in [1.165, 1.54) is 76.9 Å². The fourth-order valence-electron chi connectivity index (χ4n) is 4.50. The molecule has 0 saturated heterocycles. The molecule has 1 aliphatic carbocycles. The number of carbonyl (C=O) groups excluding carboxylic acids is 1. The van der Waals surface area contributed by atoms with Crippen molar-refractivity contribution in [3.8, 4) is 12.8 Å². The third-order valence-corrected chi connectivity index (χ3v) is 6.92. The van der Waals surface area contributed by atoms with Crippen LogP contribution >= 0.6 is 0 Å². The van der Waals surface area contributed by atoms with Gasteiger partial charge < -0.3 is 5.11 Å². The summed E-state index contributed by atoms with van der Waals surface area (Å²) in [6, 6.07) is 9.87. The number of nitrogens with zero attached hydrogens (tertiary/aromatic N) is 2. The number of aliphatic carboxylic acids is 1. The first-order chi connectivity index (χ1) is 22.2. The molecule has 0 amide bonds. The van der Waals surface area contributed by atoms with Crippen molar-refractivity contribution in [2.24, 2.45) is 16.0 Å². The molecule has 0 radical (unpaired) electrons. The molecule has 0 aromatic heterocycles. The van der Waals surface area contributed by atoms with Crippen LogP contribution in [0.15, 0.2) is 88.0 Å². The Morgan fingerprint density at radius 1 is 1.11 bits per heavy atom. The van der Waals surface area contributed by atoms with Crippen LogP contribution in [0.5, 0.6) is 0 Å². The third kappa shape index (κ3) is 25.2.